The number of para-hydroxylation sites is 3. The van der Waals surface area contributed by atoms with Crippen molar-refractivity contribution in [2.45, 2.75) is 19.3 Å². The first-order valence-electron chi connectivity index (χ1n) is 18.6. The molecule has 272 valence electrons. The predicted octanol–water partition coefficient (Wildman–Crippen LogP) is 12.6. The van der Waals surface area contributed by atoms with E-state index in [1.54, 1.807) is 6.07 Å². The molecule has 0 unspecified atom stereocenters. The van der Waals surface area contributed by atoms with Crippen LogP contribution in [0.25, 0.3) is 83.9 Å². The second-order valence-corrected chi connectivity index (χ2v) is 14.7. The molecule has 1 aliphatic carbocycles. The van der Waals surface area contributed by atoms with Gasteiger partial charge in [0.05, 0.1) is 22.3 Å². The number of pyridine rings is 1. The first kappa shape index (κ1) is 35.4. The summed E-state index contributed by atoms with van der Waals surface area (Å²) in [5.41, 5.74) is 16.2. The molecule has 5 heteroatoms. The fourth-order valence-corrected chi connectivity index (χ4v) is 8.33. The van der Waals surface area contributed by atoms with Crippen LogP contribution in [0.15, 0.2) is 176 Å². The van der Waals surface area contributed by atoms with Gasteiger partial charge in [0.15, 0.2) is 0 Å². The first-order chi connectivity index (χ1) is 27.0. The molecule has 9 aromatic rings. The number of benzene rings is 7. The molecule has 10 rings (SSSR count). The first-order valence-corrected chi connectivity index (χ1v) is 18.6. The molecule has 0 radical (unpaired) electrons. The van der Waals surface area contributed by atoms with Crippen LogP contribution in [0, 0.1) is 6.07 Å². The van der Waals surface area contributed by atoms with Gasteiger partial charge in [0, 0.05) is 49.5 Å². The number of hydrogen-bond donors (Lipinski definition) is 1. The van der Waals surface area contributed by atoms with Crippen molar-refractivity contribution < 1.29 is 26.2 Å². The normalized spacial score (nSPS) is 12.5. The summed E-state index contributed by atoms with van der Waals surface area (Å²) in [6.07, 6.45) is 2.03. The Hall–Kier alpha value is -6.35. The molecule has 1 N–H and O–H groups in total. The van der Waals surface area contributed by atoms with Crippen molar-refractivity contribution in [1.82, 2.24) is 14.5 Å². The van der Waals surface area contributed by atoms with E-state index in [1.165, 1.54) is 22.3 Å². The molecule has 0 saturated carbocycles. The van der Waals surface area contributed by atoms with Gasteiger partial charge in [0.2, 0.25) is 0 Å². The van der Waals surface area contributed by atoms with Gasteiger partial charge in [-0.05, 0) is 52.1 Å². The fourth-order valence-electron chi connectivity index (χ4n) is 8.33. The SMILES string of the molecule is CC1(C)c2ccccc2-c2cnc(-c3[c-]c(-c4cccc5c4nc(-c4ccccc4O)n5-c4ccccc4-c4ccccc4)cc(-c4ccccc4)c3)cc21.[Pt]. The van der Waals surface area contributed by atoms with E-state index in [1.807, 2.05) is 36.5 Å². The van der Waals surface area contributed by atoms with Crippen LogP contribution in [0.2, 0.25) is 0 Å². The second kappa shape index (κ2) is 14.1. The van der Waals surface area contributed by atoms with E-state index in [9.17, 15) is 5.11 Å². The van der Waals surface area contributed by atoms with Crippen LogP contribution in [0.5, 0.6) is 5.75 Å². The summed E-state index contributed by atoms with van der Waals surface area (Å²) in [7, 11) is 0. The average Bonchev–Trinajstić information content (AvgIpc) is 3.73. The largest absolute Gasteiger partial charge is 0.507 e. The summed E-state index contributed by atoms with van der Waals surface area (Å²) in [6.45, 7) is 4.60. The zero-order valence-corrected chi connectivity index (χ0v) is 33.1. The van der Waals surface area contributed by atoms with Crippen molar-refractivity contribution in [3.63, 3.8) is 0 Å². The van der Waals surface area contributed by atoms with Crippen LogP contribution in [0.1, 0.15) is 25.0 Å². The third-order valence-electron chi connectivity index (χ3n) is 11.1. The maximum Gasteiger partial charge on any atom is 0.148 e. The molecule has 1 aliphatic rings. The van der Waals surface area contributed by atoms with Gasteiger partial charge in [-0.3, -0.25) is 9.55 Å². The summed E-state index contributed by atoms with van der Waals surface area (Å²) in [4.78, 5) is 10.5. The summed E-state index contributed by atoms with van der Waals surface area (Å²) in [6, 6.07) is 62.2. The van der Waals surface area contributed by atoms with Crippen LogP contribution in [-0.2, 0) is 26.5 Å². The van der Waals surface area contributed by atoms with E-state index in [4.69, 9.17) is 9.97 Å². The van der Waals surface area contributed by atoms with E-state index >= 15 is 0 Å². The monoisotopic (exact) mass is 901 g/mol. The van der Waals surface area contributed by atoms with Crippen LogP contribution in [0.4, 0.5) is 0 Å². The summed E-state index contributed by atoms with van der Waals surface area (Å²) in [5, 5.41) is 11.3. The number of phenolic OH excluding ortho intramolecular Hbond substituents is 1. The van der Waals surface area contributed by atoms with E-state index in [-0.39, 0.29) is 32.2 Å². The molecule has 0 aliphatic heterocycles. The van der Waals surface area contributed by atoms with Crippen molar-refractivity contribution in [2.24, 2.45) is 0 Å². The maximum atomic E-state index is 11.3. The summed E-state index contributed by atoms with van der Waals surface area (Å²) < 4.78 is 2.18. The van der Waals surface area contributed by atoms with Crippen molar-refractivity contribution >= 4 is 11.0 Å². The number of aromatic nitrogens is 3. The number of phenols is 1. The van der Waals surface area contributed by atoms with Gasteiger partial charge in [0.1, 0.15) is 11.6 Å². The zero-order valence-electron chi connectivity index (χ0n) is 30.8. The fraction of sp³-hybridized carbons (Fsp3) is 0.0588. The van der Waals surface area contributed by atoms with Gasteiger partial charge in [-0.2, -0.15) is 0 Å². The summed E-state index contributed by atoms with van der Waals surface area (Å²) >= 11 is 0. The number of nitrogens with zero attached hydrogens (tertiary/aromatic N) is 3. The molecule has 0 fully saturated rings. The Morgan fingerprint density at radius 1 is 0.536 bits per heavy atom. The van der Waals surface area contributed by atoms with Crippen molar-refractivity contribution in [3.05, 3.63) is 193 Å². The molecule has 2 aromatic heterocycles. The van der Waals surface area contributed by atoms with Gasteiger partial charge in [-0.15, -0.1) is 23.8 Å². The van der Waals surface area contributed by atoms with E-state index in [0.717, 1.165) is 61.4 Å². The molecule has 0 bridgehead atoms. The van der Waals surface area contributed by atoms with E-state index in [0.29, 0.717) is 11.4 Å². The van der Waals surface area contributed by atoms with Gasteiger partial charge in [-0.25, -0.2) is 4.98 Å². The third kappa shape index (κ3) is 5.80. The molecular weight excluding hydrogens is 866 g/mol. The Morgan fingerprint density at radius 2 is 1.16 bits per heavy atom. The molecule has 0 atom stereocenters. The third-order valence-corrected chi connectivity index (χ3v) is 11.1. The Morgan fingerprint density at radius 3 is 1.93 bits per heavy atom. The minimum absolute atomic E-state index is 0. The van der Waals surface area contributed by atoms with Crippen molar-refractivity contribution in [2.75, 3.05) is 0 Å². The maximum absolute atomic E-state index is 11.3. The number of rotatable bonds is 6. The van der Waals surface area contributed by atoms with Crippen molar-refractivity contribution in [3.8, 4) is 78.6 Å². The molecule has 4 nitrogen and oxygen atoms in total. The quantitative estimate of drug-likeness (QED) is 0.169. The average molecular weight is 902 g/mol. The second-order valence-electron chi connectivity index (χ2n) is 14.7. The number of fused-ring (bicyclic) bond motifs is 4. The zero-order chi connectivity index (χ0) is 37.1. The Balaban J connectivity index is 0.00000410. The molecule has 0 spiro atoms. The van der Waals surface area contributed by atoms with Crippen LogP contribution in [0.3, 0.4) is 0 Å². The molecule has 0 amide bonds. The Bertz CT molecular complexity index is 2910. The van der Waals surface area contributed by atoms with Crippen LogP contribution >= 0.6 is 0 Å². The number of hydrogen-bond acceptors (Lipinski definition) is 3. The van der Waals surface area contributed by atoms with E-state index in [2.05, 4.69) is 158 Å². The van der Waals surface area contributed by atoms with E-state index < -0.39 is 0 Å². The van der Waals surface area contributed by atoms with Gasteiger partial charge in [0.25, 0.3) is 0 Å². The van der Waals surface area contributed by atoms with Crippen LogP contribution < -0.4 is 0 Å². The van der Waals surface area contributed by atoms with Gasteiger partial charge < -0.3 is 5.11 Å². The molecule has 56 heavy (non-hydrogen) atoms. The standard InChI is InChI=1S/C51H36N3O.Pt/c1-51(2)43-24-12-9-21-40(43)42-32-52-45(31-44(42)51)37-29-35(33-16-5-3-6-17-33)28-36(30-37)39-23-15-26-47-49(39)53-50(41-22-11-14-27-48(41)55)54(47)46-25-13-10-20-38(46)34-18-7-4-8-19-34;/h3-29,31-32,55H,1-2H3;/q-1;. The molecule has 0 saturated heterocycles. The molecule has 7 aromatic carbocycles. The minimum atomic E-state index is -0.155. The minimum Gasteiger partial charge on any atom is -0.507 e. The Labute approximate surface area is 341 Å². The Kier molecular flexibility index (Phi) is 8.87. The summed E-state index contributed by atoms with van der Waals surface area (Å²) in [5.74, 6) is 0.830. The number of aromatic hydroxyl groups is 1. The van der Waals surface area contributed by atoms with Gasteiger partial charge in [-0.1, -0.05) is 164 Å². The van der Waals surface area contributed by atoms with Crippen molar-refractivity contribution in [1.29, 1.82) is 0 Å². The smallest absolute Gasteiger partial charge is 0.148 e. The molecular formula is C51H36N3OPt-. The topological polar surface area (TPSA) is 50.9 Å². The van der Waals surface area contributed by atoms with Crippen LogP contribution in [-0.4, -0.2) is 19.6 Å². The van der Waals surface area contributed by atoms with Gasteiger partial charge >= 0.3 is 0 Å². The molecule has 2 heterocycles. The number of imidazole rings is 1. The predicted molar refractivity (Wildman–Crippen MR) is 224 cm³/mol.